The molecular weight excluding hydrogens is 333 g/mol. The molecule has 0 amide bonds. The zero-order valence-corrected chi connectivity index (χ0v) is 13.2. The van der Waals surface area contributed by atoms with E-state index in [4.69, 9.17) is 5.26 Å². The molecule has 5 nitrogen and oxygen atoms in total. The Bertz CT molecular complexity index is 654. The van der Waals surface area contributed by atoms with E-state index < -0.39 is 35.5 Å². The number of hydrogen-bond donors (Lipinski definition) is 0. The first-order valence-corrected chi connectivity index (χ1v) is 7.46. The number of halogens is 3. The SMILES string of the molecule is CCOC(=O)CC(=O)CSc1nc(C)cc(C(F)(F)F)c1C#N. The number of esters is 1. The molecule has 0 saturated carbocycles. The van der Waals surface area contributed by atoms with Gasteiger partial charge < -0.3 is 4.74 Å². The van der Waals surface area contributed by atoms with Gasteiger partial charge in [-0.1, -0.05) is 11.8 Å². The number of nitrogens with zero attached hydrogens (tertiary/aromatic N) is 2. The Morgan fingerprint density at radius 3 is 2.61 bits per heavy atom. The Kier molecular flexibility index (Phi) is 6.57. The van der Waals surface area contributed by atoms with Crippen molar-refractivity contribution < 1.29 is 27.5 Å². The third-order valence-corrected chi connectivity index (χ3v) is 3.58. The van der Waals surface area contributed by atoms with Gasteiger partial charge in [0.25, 0.3) is 0 Å². The maximum Gasteiger partial charge on any atom is 0.417 e. The van der Waals surface area contributed by atoms with E-state index in [9.17, 15) is 22.8 Å². The van der Waals surface area contributed by atoms with Gasteiger partial charge in [0.05, 0.1) is 23.5 Å². The van der Waals surface area contributed by atoms with Crippen molar-refractivity contribution in [3.8, 4) is 6.07 Å². The van der Waals surface area contributed by atoms with Gasteiger partial charge >= 0.3 is 12.1 Å². The molecule has 0 atom stereocenters. The van der Waals surface area contributed by atoms with Crippen molar-refractivity contribution in [2.24, 2.45) is 0 Å². The molecule has 0 aromatic carbocycles. The summed E-state index contributed by atoms with van der Waals surface area (Å²) in [6, 6.07) is 2.26. The van der Waals surface area contributed by atoms with E-state index in [-0.39, 0.29) is 23.1 Å². The van der Waals surface area contributed by atoms with Gasteiger partial charge in [0.1, 0.15) is 17.5 Å². The van der Waals surface area contributed by atoms with E-state index >= 15 is 0 Å². The van der Waals surface area contributed by atoms with Gasteiger partial charge in [-0.2, -0.15) is 18.4 Å². The van der Waals surface area contributed by atoms with E-state index in [2.05, 4.69) is 9.72 Å². The second-order valence-electron chi connectivity index (χ2n) is 4.41. The maximum absolute atomic E-state index is 12.9. The van der Waals surface area contributed by atoms with E-state index in [0.717, 1.165) is 6.07 Å². The number of carbonyl (C=O) groups excluding carboxylic acids is 2. The third-order valence-electron chi connectivity index (χ3n) is 2.55. The maximum atomic E-state index is 12.9. The van der Waals surface area contributed by atoms with Crippen LogP contribution >= 0.6 is 11.8 Å². The van der Waals surface area contributed by atoms with Gasteiger partial charge in [0.15, 0.2) is 5.78 Å². The highest BCUT2D eigenvalue weighted by molar-refractivity contribution is 8.00. The summed E-state index contributed by atoms with van der Waals surface area (Å²) in [7, 11) is 0. The molecule has 0 unspecified atom stereocenters. The number of Topliss-reactive ketones (excluding diaryl/α,β-unsaturated/α-hetero) is 1. The molecule has 0 aliphatic rings. The highest BCUT2D eigenvalue weighted by atomic mass is 32.2. The number of pyridine rings is 1. The van der Waals surface area contributed by atoms with Crippen molar-refractivity contribution in [3.05, 3.63) is 22.9 Å². The number of rotatable bonds is 6. The molecule has 0 N–H and O–H groups in total. The molecule has 0 spiro atoms. The highest BCUT2D eigenvalue weighted by Gasteiger charge is 2.35. The highest BCUT2D eigenvalue weighted by Crippen LogP contribution is 2.35. The number of thioether (sulfide) groups is 1. The largest absolute Gasteiger partial charge is 0.466 e. The van der Waals surface area contributed by atoms with Crippen molar-refractivity contribution in [2.75, 3.05) is 12.4 Å². The van der Waals surface area contributed by atoms with Crippen LogP contribution in [0.2, 0.25) is 0 Å². The lowest BCUT2D eigenvalue weighted by atomic mass is 10.1. The molecule has 0 saturated heterocycles. The average molecular weight is 346 g/mol. The van der Waals surface area contributed by atoms with Crippen LogP contribution < -0.4 is 0 Å². The first-order valence-electron chi connectivity index (χ1n) is 6.48. The predicted octanol–water partition coefficient (Wildman–Crippen LogP) is 2.89. The molecule has 124 valence electrons. The zero-order valence-electron chi connectivity index (χ0n) is 12.4. The van der Waals surface area contributed by atoms with Crippen LogP contribution in [0.15, 0.2) is 11.1 Å². The van der Waals surface area contributed by atoms with Crippen LogP contribution in [-0.4, -0.2) is 29.1 Å². The lowest BCUT2D eigenvalue weighted by Gasteiger charge is -2.12. The smallest absolute Gasteiger partial charge is 0.417 e. The van der Waals surface area contributed by atoms with Gasteiger partial charge in [-0.3, -0.25) is 9.59 Å². The summed E-state index contributed by atoms with van der Waals surface area (Å²) >= 11 is 0.693. The minimum absolute atomic E-state index is 0.0802. The first kappa shape index (κ1) is 19.0. The van der Waals surface area contributed by atoms with Crippen molar-refractivity contribution in [2.45, 2.75) is 31.5 Å². The minimum Gasteiger partial charge on any atom is -0.466 e. The van der Waals surface area contributed by atoms with E-state index in [1.54, 1.807) is 6.92 Å². The number of ketones is 1. The van der Waals surface area contributed by atoms with Crippen LogP contribution in [0.5, 0.6) is 0 Å². The molecule has 1 aromatic heterocycles. The summed E-state index contributed by atoms with van der Waals surface area (Å²) in [5, 5.41) is 8.79. The fourth-order valence-corrected chi connectivity index (χ4v) is 2.56. The van der Waals surface area contributed by atoms with Crippen LogP contribution in [0.3, 0.4) is 0 Å². The van der Waals surface area contributed by atoms with Crippen LogP contribution in [0.1, 0.15) is 30.2 Å². The second-order valence-corrected chi connectivity index (χ2v) is 5.37. The van der Waals surface area contributed by atoms with Gasteiger partial charge in [-0.05, 0) is 19.9 Å². The molecule has 1 rings (SSSR count). The quantitative estimate of drug-likeness (QED) is 0.448. The lowest BCUT2D eigenvalue weighted by Crippen LogP contribution is -2.14. The molecule has 0 radical (unpaired) electrons. The number of nitriles is 1. The fourth-order valence-electron chi connectivity index (χ4n) is 1.65. The zero-order chi connectivity index (χ0) is 17.6. The number of aryl methyl sites for hydroxylation is 1. The predicted molar refractivity (Wildman–Crippen MR) is 75.7 cm³/mol. The minimum atomic E-state index is -4.69. The molecule has 9 heteroatoms. The van der Waals surface area contributed by atoms with Crippen LogP contribution in [0.4, 0.5) is 13.2 Å². The Morgan fingerprint density at radius 1 is 1.43 bits per heavy atom. The van der Waals surface area contributed by atoms with Gasteiger partial charge in [0.2, 0.25) is 0 Å². The fraction of sp³-hybridized carbons (Fsp3) is 0.429. The van der Waals surface area contributed by atoms with Crippen LogP contribution in [0, 0.1) is 18.3 Å². The summed E-state index contributed by atoms with van der Waals surface area (Å²) in [5.74, 6) is -1.50. The van der Waals surface area contributed by atoms with E-state index in [1.165, 1.54) is 13.0 Å². The number of carbonyl (C=O) groups is 2. The standard InChI is InChI=1S/C14H13F3N2O3S/c1-3-22-12(21)5-9(20)7-23-13-10(6-18)11(14(15,16)17)4-8(2)19-13/h4H,3,5,7H2,1-2H3. The number of aromatic nitrogens is 1. The van der Waals surface area contributed by atoms with Crippen LogP contribution in [0.25, 0.3) is 0 Å². The first-order chi connectivity index (χ1) is 10.7. The molecule has 0 aliphatic heterocycles. The molecule has 0 aliphatic carbocycles. The number of alkyl halides is 3. The molecule has 0 bridgehead atoms. The van der Waals surface area contributed by atoms with Crippen LogP contribution in [-0.2, 0) is 20.5 Å². The topological polar surface area (TPSA) is 80.1 Å². The third kappa shape index (κ3) is 5.56. The van der Waals surface area contributed by atoms with Crippen molar-refractivity contribution >= 4 is 23.5 Å². The monoisotopic (exact) mass is 346 g/mol. The molecular formula is C14H13F3N2O3S. The summed E-state index contributed by atoms with van der Waals surface area (Å²) in [6.45, 7) is 3.08. The lowest BCUT2D eigenvalue weighted by molar-refractivity contribution is -0.145. The molecule has 0 fully saturated rings. The summed E-state index contributed by atoms with van der Waals surface area (Å²) in [4.78, 5) is 26.6. The Morgan fingerprint density at radius 2 is 2.09 bits per heavy atom. The Balaban J connectivity index is 2.93. The Labute approximate surface area is 134 Å². The summed E-state index contributed by atoms with van der Waals surface area (Å²) in [5.41, 5.74) is -1.64. The molecule has 23 heavy (non-hydrogen) atoms. The Hall–Kier alpha value is -2.08. The number of hydrogen-bond acceptors (Lipinski definition) is 6. The van der Waals surface area contributed by atoms with Gasteiger partial charge in [-0.25, -0.2) is 4.98 Å². The average Bonchev–Trinajstić information content (AvgIpc) is 2.43. The summed E-state index contributed by atoms with van der Waals surface area (Å²) < 4.78 is 43.4. The molecule has 1 heterocycles. The summed E-state index contributed by atoms with van der Waals surface area (Å²) in [6.07, 6.45) is -5.16. The van der Waals surface area contributed by atoms with Crippen molar-refractivity contribution in [3.63, 3.8) is 0 Å². The number of ether oxygens (including phenoxy) is 1. The van der Waals surface area contributed by atoms with Gasteiger partial charge in [-0.15, -0.1) is 0 Å². The second kappa shape index (κ2) is 7.97. The van der Waals surface area contributed by atoms with Gasteiger partial charge in [0, 0.05) is 5.69 Å². The molecule has 1 aromatic rings. The normalized spacial score (nSPS) is 11.0. The van der Waals surface area contributed by atoms with Crippen molar-refractivity contribution in [1.82, 2.24) is 4.98 Å². The van der Waals surface area contributed by atoms with E-state index in [1.807, 2.05) is 0 Å². The van der Waals surface area contributed by atoms with Crippen molar-refractivity contribution in [1.29, 1.82) is 5.26 Å². The van der Waals surface area contributed by atoms with E-state index in [0.29, 0.717) is 11.8 Å².